The number of methoxy groups -OCH3 is 1. The van der Waals surface area contributed by atoms with E-state index in [1.807, 2.05) is 13.8 Å². The smallest absolute Gasteiger partial charge is 0.310 e. The predicted octanol–water partition coefficient (Wildman–Crippen LogP) is 1.28. The Balaban J connectivity index is 2.46. The number of hydrogen-bond acceptors (Lipinski definition) is 4. The van der Waals surface area contributed by atoms with Gasteiger partial charge in [-0.3, -0.25) is 14.5 Å². The van der Waals surface area contributed by atoms with E-state index in [-0.39, 0.29) is 29.8 Å². The van der Waals surface area contributed by atoms with E-state index in [1.54, 1.807) is 0 Å². The molecule has 0 aliphatic carbocycles. The van der Waals surface area contributed by atoms with Crippen LogP contribution >= 0.6 is 0 Å². The van der Waals surface area contributed by atoms with Crippen molar-refractivity contribution in [2.24, 2.45) is 17.8 Å². The van der Waals surface area contributed by atoms with Crippen molar-refractivity contribution in [3.63, 3.8) is 0 Å². The third-order valence-electron chi connectivity index (χ3n) is 4.09. The van der Waals surface area contributed by atoms with E-state index in [0.717, 1.165) is 13.0 Å². The lowest BCUT2D eigenvalue weighted by molar-refractivity contribution is -0.146. The Morgan fingerprint density at radius 3 is 2.50 bits per heavy atom. The first-order valence-electron chi connectivity index (χ1n) is 7.46. The van der Waals surface area contributed by atoms with Gasteiger partial charge in [0.15, 0.2) is 0 Å². The minimum absolute atomic E-state index is 0.0448. The van der Waals surface area contributed by atoms with E-state index in [2.05, 4.69) is 24.1 Å². The first-order chi connectivity index (χ1) is 9.36. The molecule has 0 aromatic rings. The van der Waals surface area contributed by atoms with Gasteiger partial charge in [0.1, 0.15) is 0 Å². The topological polar surface area (TPSA) is 58.6 Å². The van der Waals surface area contributed by atoms with Crippen LogP contribution in [0.3, 0.4) is 0 Å². The van der Waals surface area contributed by atoms with Crippen LogP contribution in [-0.2, 0) is 14.3 Å². The monoisotopic (exact) mass is 284 g/mol. The third-order valence-corrected chi connectivity index (χ3v) is 4.09. The summed E-state index contributed by atoms with van der Waals surface area (Å²) in [6, 6.07) is -0.195. The summed E-state index contributed by atoms with van der Waals surface area (Å²) in [7, 11) is 1.42. The molecule has 116 valence electrons. The highest BCUT2D eigenvalue weighted by Crippen LogP contribution is 2.25. The van der Waals surface area contributed by atoms with Crippen molar-refractivity contribution in [3.05, 3.63) is 0 Å². The van der Waals surface area contributed by atoms with E-state index in [1.165, 1.54) is 7.11 Å². The molecule has 1 aliphatic rings. The largest absolute Gasteiger partial charge is 0.469 e. The highest BCUT2D eigenvalue weighted by molar-refractivity contribution is 5.81. The van der Waals surface area contributed by atoms with Crippen molar-refractivity contribution in [1.29, 1.82) is 0 Å². The van der Waals surface area contributed by atoms with Crippen molar-refractivity contribution in [2.75, 3.05) is 26.7 Å². The van der Waals surface area contributed by atoms with Gasteiger partial charge in [0.05, 0.1) is 19.1 Å². The van der Waals surface area contributed by atoms with Gasteiger partial charge in [-0.05, 0) is 25.2 Å². The molecule has 1 heterocycles. The predicted molar refractivity (Wildman–Crippen MR) is 78.2 cm³/mol. The van der Waals surface area contributed by atoms with Crippen molar-refractivity contribution in [3.8, 4) is 0 Å². The Bertz CT molecular complexity index is 344. The second-order valence-corrected chi connectivity index (χ2v) is 6.21. The zero-order valence-corrected chi connectivity index (χ0v) is 13.3. The summed E-state index contributed by atoms with van der Waals surface area (Å²) >= 11 is 0. The van der Waals surface area contributed by atoms with Crippen LogP contribution in [0.15, 0.2) is 0 Å². The van der Waals surface area contributed by atoms with Crippen molar-refractivity contribution < 1.29 is 14.3 Å². The Morgan fingerprint density at radius 2 is 1.95 bits per heavy atom. The van der Waals surface area contributed by atoms with E-state index >= 15 is 0 Å². The number of carbonyl (C=O) groups is 2. The number of nitrogens with one attached hydrogen (secondary N) is 1. The molecule has 0 aromatic heterocycles. The average Bonchev–Trinajstić information content (AvgIpc) is 2.78. The normalized spacial score (nSPS) is 24.7. The maximum absolute atomic E-state index is 12.1. The summed E-state index contributed by atoms with van der Waals surface area (Å²) in [6.45, 7) is 10.3. The molecule has 1 fully saturated rings. The molecule has 5 heteroatoms. The fourth-order valence-corrected chi connectivity index (χ4v) is 2.58. The quantitative estimate of drug-likeness (QED) is 0.746. The maximum atomic E-state index is 12.1. The van der Waals surface area contributed by atoms with Gasteiger partial charge in [0.2, 0.25) is 5.91 Å². The number of amides is 1. The highest BCUT2D eigenvalue weighted by atomic mass is 16.5. The van der Waals surface area contributed by atoms with Gasteiger partial charge >= 0.3 is 5.97 Å². The molecule has 0 radical (unpaired) electrons. The fraction of sp³-hybridized carbons (Fsp3) is 0.867. The molecule has 3 atom stereocenters. The Hall–Kier alpha value is -1.10. The summed E-state index contributed by atoms with van der Waals surface area (Å²) in [6.07, 6.45) is 0.986. The molecule has 0 bridgehead atoms. The van der Waals surface area contributed by atoms with Gasteiger partial charge in [0, 0.05) is 19.6 Å². The zero-order valence-electron chi connectivity index (χ0n) is 13.3. The van der Waals surface area contributed by atoms with Gasteiger partial charge < -0.3 is 10.1 Å². The molecule has 0 spiro atoms. The molecule has 0 aromatic carbocycles. The van der Waals surface area contributed by atoms with Gasteiger partial charge in [0.25, 0.3) is 0 Å². The summed E-state index contributed by atoms with van der Waals surface area (Å²) in [5.41, 5.74) is 0. The lowest BCUT2D eigenvalue weighted by atomic mass is 9.99. The van der Waals surface area contributed by atoms with Crippen LogP contribution in [0.25, 0.3) is 0 Å². The minimum atomic E-state index is -0.195. The van der Waals surface area contributed by atoms with Crippen LogP contribution < -0.4 is 5.32 Å². The van der Waals surface area contributed by atoms with Crippen LogP contribution in [0.4, 0.5) is 0 Å². The second-order valence-electron chi connectivity index (χ2n) is 6.21. The van der Waals surface area contributed by atoms with Gasteiger partial charge in [-0.1, -0.05) is 20.8 Å². The van der Waals surface area contributed by atoms with E-state index in [4.69, 9.17) is 4.74 Å². The Kier molecular flexibility index (Phi) is 6.46. The lowest BCUT2D eigenvalue weighted by Crippen LogP contribution is -2.44. The van der Waals surface area contributed by atoms with E-state index in [0.29, 0.717) is 19.0 Å². The lowest BCUT2D eigenvalue weighted by Gasteiger charge is -2.23. The molecular formula is C15H28N2O3. The number of likely N-dealkylation sites (tertiary alicyclic amines) is 1. The standard InChI is InChI=1S/C15H28N2O3/c1-10(2)6-7-16-14(18)12(4)17-8-11(3)13(9-17)15(19)20-5/h10-13H,6-9H2,1-5H3,(H,16,18). The number of rotatable bonds is 6. The molecular weight excluding hydrogens is 256 g/mol. The van der Waals surface area contributed by atoms with Crippen LogP contribution in [0.2, 0.25) is 0 Å². The van der Waals surface area contributed by atoms with Gasteiger partial charge in [-0.15, -0.1) is 0 Å². The molecule has 0 saturated carbocycles. The number of ether oxygens (including phenoxy) is 1. The molecule has 1 amide bonds. The van der Waals surface area contributed by atoms with Crippen LogP contribution in [0, 0.1) is 17.8 Å². The summed E-state index contributed by atoms with van der Waals surface area (Å²) in [4.78, 5) is 25.8. The molecule has 3 unspecified atom stereocenters. The van der Waals surface area contributed by atoms with Gasteiger partial charge in [-0.2, -0.15) is 0 Å². The van der Waals surface area contributed by atoms with Crippen molar-refractivity contribution >= 4 is 11.9 Å². The Morgan fingerprint density at radius 1 is 1.30 bits per heavy atom. The zero-order chi connectivity index (χ0) is 15.3. The molecule has 1 rings (SSSR count). The number of nitrogens with zero attached hydrogens (tertiary/aromatic N) is 1. The Labute approximate surface area is 122 Å². The van der Waals surface area contributed by atoms with Gasteiger partial charge in [-0.25, -0.2) is 0 Å². The number of hydrogen-bond donors (Lipinski definition) is 1. The SMILES string of the molecule is COC(=O)C1CN(C(C)C(=O)NCCC(C)C)CC1C. The summed E-state index contributed by atoms with van der Waals surface area (Å²) in [5, 5.41) is 2.97. The van der Waals surface area contributed by atoms with Crippen molar-refractivity contribution in [1.82, 2.24) is 10.2 Å². The average molecular weight is 284 g/mol. The fourth-order valence-electron chi connectivity index (χ4n) is 2.58. The second kappa shape index (κ2) is 7.62. The highest BCUT2D eigenvalue weighted by Gasteiger charge is 2.38. The van der Waals surface area contributed by atoms with Crippen LogP contribution in [0.1, 0.15) is 34.1 Å². The van der Waals surface area contributed by atoms with E-state index < -0.39 is 0 Å². The maximum Gasteiger partial charge on any atom is 0.310 e. The first kappa shape index (κ1) is 17.0. The summed E-state index contributed by atoms with van der Waals surface area (Å²) in [5.74, 6) is 0.566. The number of carbonyl (C=O) groups excluding carboxylic acids is 2. The van der Waals surface area contributed by atoms with Crippen LogP contribution in [-0.4, -0.2) is 49.6 Å². The van der Waals surface area contributed by atoms with Crippen molar-refractivity contribution in [2.45, 2.75) is 40.2 Å². The van der Waals surface area contributed by atoms with Crippen LogP contribution in [0.5, 0.6) is 0 Å². The summed E-state index contributed by atoms with van der Waals surface area (Å²) < 4.78 is 4.82. The number of esters is 1. The molecule has 1 aliphatic heterocycles. The van der Waals surface area contributed by atoms with E-state index in [9.17, 15) is 9.59 Å². The molecule has 20 heavy (non-hydrogen) atoms. The minimum Gasteiger partial charge on any atom is -0.469 e. The molecule has 1 N–H and O–H groups in total. The molecule has 1 saturated heterocycles. The first-order valence-corrected chi connectivity index (χ1v) is 7.46. The third kappa shape index (κ3) is 4.47. The molecule has 5 nitrogen and oxygen atoms in total.